The molecule has 6 nitrogen and oxygen atoms in total. The number of nitrogens with one attached hydrogen (secondary N) is 2. The zero-order chi connectivity index (χ0) is 20.6. The molecule has 7 heteroatoms. The molecule has 1 aromatic carbocycles. The molecule has 0 aromatic heterocycles. The van der Waals surface area contributed by atoms with E-state index in [9.17, 15) is 0 Å². The number of guanidine groups is 1. The zero-order valence-electron chi connectivity index (χ0n) is 19.0. The lowest BCUT2D eigenvalue weighted by molar-refractivity contribution is 0.163. The number of aliphatic imine (C=N–C) groups is 1. The van der Waals surface area contributed by atoms with Gasteiger partial charge in [0.1, 0.15) is 5.75 Å². The van der Waals surface area contributed by atoms with Crippen LogP contribution in [0.5, 0.6) is 5.75 Å². The molecule has 0 amide bonds. The van der Waals surface area contributed by atoms with Crippen LogP contribution in [-0.4, -0.2) is 75.7 Å². The van der Waals surface area contributed by atoms with Crippen LogP contribution in [0.25, 0.3) is 0 Å². The lowest BCUT2D eigenvalue weighted by Crippen LogP contribution is -2.51. The number of ether oxygens (including phenoxy) is 1. The average molecular weight is 518 g/mol. The Morgan fingerprint density at radius 2 is 1.76 bits per heavy atom. The van der Waals surface area contributed by atoms with Gasteiger partial charge in [0.2, 0.25) is 0 Å². The van der Waals surface area contributed by atoms with Crippen LogP contribution in [0.1, 0.15) is 44.7 Å². The summed E-state index contributed by atoms with van der Waals surface area (Å²) < 4.78 is 5.33. The first-order valence-electron chi connectivity index (χ1n) is 10.4. The van der Waals surface area contributed by atoms with Crippen LogP contribution in [0, 0.1) is 0 Å². The highest BCUT2D eigenvalue weighted by atomic mass is 127. The molecule has 0 saturated carbocycles. The number of hydrogen-bond donors (Lipinski definition) is 2. The predicted octanol–water partition coefficient (Wildman–Crippen LogP) is 3.35. The highest BCUT2D eigenvalue weighted by Crippen LogP contribution is 2.25. The van der Waals surface area contributed by atoms with Crippen molar-refractivity contribution >= 4 is 29.9 Å². The number of benzene rings is 1. The lowest BCUT2D eigenvalue weighted by Gasteiger charge is -2.36. The van der Waals surface area contributed by atoms with Gasteiger partial charge in [0.05, 0.1) is 13.2 Å². The number of hydrogen-bond acceptors (Lipinski definition) is 4. The summed E-state index contributed by atoms with van der Waals surface area (Å²) in [6, 6.07) is 8.81. The summed E-state index contributed by atoms with van der Waals surface area (Å²) in [7, 11) is 7.76. The molecule has 29 heavy (non-hydrogen) atoms. The van der Waals surface area contributed by atoms with Gasteiger partial charge in [0, 0.05) is 25.7 Å². The fourth-order valence-electron chi connectivity index (χ4n) is 3.39. The van der Waals surface area contributed by atoms with Gasteiger partial charge in [-0.2, -0.15) is 0 Å². The number of likely N-dealkylation sites (tertiary alicyclic amines) is 1. The maximum atomic E-state index is 5.33. The van der Waals surface area contributed by atoms with E-state index in [0.29, 0.717) is 6.04 Å². The van der Waals surface area contributed by atoms with Gasteiger partial charge in [0.15, 0.2) is 5.96 Å². The van der Waals surface area contributed by atoms with E-state index < -0.39 is 0 Å². The van der Waals surface area contributed by atoms with Gasteiger partial charge < -0.3 is 20.3 Å². The first-order valence-corrected chi connectivity index (χ1v) is 10.4. The van der Waals surface area contributed by atoms with Gasteiger partial charge in [-0.3, -0.25) is 9.89 Å². The largest absolute Gasteiger partial charge is 0.497 e. The highest BCUT2D eigenvalue weighted by molar-refractivity contribution is 14.0. The number of likely N-dealkylation sites (N-methyl/N-ethyl adjacent to an activating group) is 1. The molecule has 1 aromatic rings. The number of nitrogens with zero attached hydrogens (tertiary/aromatic N) is 3. The standard InChI is InChI=1S/C22H39N5O.HI/c1-22(2,26(4)5)17-25-21(23-3)24-16-20(27-14-8-7-9-15-27)18-10-12-19(28-6)13-11-18;/h10-13,20H,7-9,14-17H2,1-6H3,(H2,23,24,25);1H. The molecule has 1 unspecified atom stereocenters. The smallest absolute Gasteiger partial charge is 0.191 e. The Labute approximate surface area is 194 Å². The summed E-state index contributed by atoms with van der Waals surface area (Å²) in [5.41, 5.74) is 1.37. The fourth-order valence-corrected chi connectivity index (χ4v) is 3.39. The van der Waals surface area contributed by atoms with Gasteiger partial charge in [-0.15, -0.1) is 24.0 Å². The molecule has 1 aliphatic heterocycles. The molecule has 0 spiro atoms. The number of piperidine rings is 1. The molecular formula is C22H40IN5O. The molecule has 0 aliphatic carbocycles. The van der Waals surface area contributed by atoms with Gasteiger partial charge in [0.25, 0.3) is 0 Å². The fraction of sp³-hybridized carbons (Fsp3) is 0.682. The molecule has 1 heterocycles. The summed E-state index contributed by atoms with van der Waals surface area (Å²) in [6.45, 7) is 8.41. The van der Waals surface area contributed by atoms with Crippen molar-refractivity contribution < 1.29 is 4.74 Å². The van der Waals surface area contributed by atoms with Crippen LogP contribution in [0.4, 0.5) is 0 Å². The Hall–Kier alpha value is -1.06. The monoisotopic (exact) mass is 517 g/mol. The minimum atomic E-state index is 0. The molecule has 1 saturated heterocycles. The van der Waals surface area contributed by atoms with Crippen LogP contribution in [0.2, 0.25) is 0 Å². The maximum Gasteiger partial charge on any atom is 0.191 e. The van der Waals surface area contributed by atoms with Gasteiger partial charge >= 0.3 is 0 Å². The lowest BCUT2D eigenvalue weighted by atomic mass is 10.0. The van der Waals surface area contributed by atoms with Crippen LogP contribution in [0.3, 0.4) is 0 Å². The molecule has 1 atom stereocenters. The van der Waals surface area contributed by atoms with Crippen molar-refractivity contribution in [2.45, 2.75) is 44.7 Å². The molecule has 0 bridgehead atoms. The van der Waals surface area contributed by atoms with Crippen LogP contribution in [-0.2, 0) is 0 Å². The third-order valence-electron chi connectivity index (χ3n) is 5.92. The van der Waals surface area contributed by atoms with E-state index in [2.05, 4.69) is 77.6 Å². The van der Waals surface area contributed by atoms with Crippen LogP contribution in [0.15, 0.2) is 29.3 Å². The summed E-state index contributed by atoms with van der Waals surface area (Å²) in [4.78, 5) is 9.24. The second kappa shape index (κ2) is 12.6. The molecule has 1 aliphatic rings. The normalized spacial score (nSPS) is 16.9. The Morgan fingerprint density at radius 3 is 2.28 bits per heavy atom. The Morgan fingerprint density at radius 1 is 1.14 bits per heavy atom. The number of methoxy groups -OCH3 is 1. The third kappa shape index (κ3) is 7.94. The summed E-state index contributed by atoms with van der Waals surface area (Å²) in [6.07, 6.45) is 3.88. The molecular weight excluding hydrogens is 477 g/mol. The summed E-state index contributed by atoms with van der Waals surface area (Å²) >= 11 is 0. The van der Waals surface area contributed by atoms with E-state index in [-0.39, 0.29) is 29.5 Å². The Kier molecular flexibility index (Phi) is 11.3. The molecule has 1 fully saturated rings. The van der Waals surface area contributed by atoms with E-state index >= 15 is 0 Å². The minimum absolute atomic E-state index is 0. The van der Waals surface area contributed by atoms with Crippen LogP contribution >= 0.6 is 24.0 Å². The topological polar surface area (TPSA) is 52.1 Å². The average Bonchev–Trinajstić information content (AvgIpc) is 2.71. The summed E-state index contributed by atoms with van der Waals surface area (Å²) in [5.74, 6) is 1.75. The third-order valence-corrected chi connectivity index (χ3v) is 5.92. The van der Waals surface area contributed by atoms with Crippen LogP contribution < -0.4 is 15.4 Å². The van der Waals surface area contributed by atoms with Crippen molar-refractivity contribution in [3.05, 3.63) is 29.8 Å². The molecule has 2 N–H and O–H groups in total. The van der Waals surface area contributed by atoms with Crippen molar-refractivity contribution in [1.82, 2.24) is 20.4 Å². The van der Waals surface area contributed by atoms with Gasteiger partial charge in [-0.1, -0.05) is 18.6 Å². The van der Waals surface area contributed by atoms with Crippen molar-refractivity contribution in [3.63, 3.8) is 0 Å². The highest BCUT2D eigenvalue weighted by Gasteiger charge is 2.24. The number of rotatable bonds is 8. The second-order valence-corrected chi connectivity index (χ2v) is 8.40. The van der Waals surface area contributed by atoms with Crippen molar-refractivity contribution in [3.8, 4) is 5.75 Å². The quantitative estimate of drug-likeness (QED) is 0.315. The van der Waals surface area contributed by atoms with E-state index in [4.69, 9.17) is 4.74 Å². The second-order valence-electron chi connectivity index (χ2n) is 8.40. The SMILES string of the molecule is CN=C(NCC(c1ccc(OC)cc1)N1CCCCC1)NCC(C)(C)N(C)C.I. The van der Waals surface area contributed by atoms with E-state index in [0.717, 1.165) is 37.9 Å². The predicted molar refractivity (Wildman–Crippen MR) is 134 cm³/mol. The van der Waals surface area contributed by atoms with Gasteiger partial charge in [-0.05, 0) is 71.6 Å². The molecule has 166 valence electrons. The number of halogens is 1. The first kappa shape index (κ1) is 26.0. The molecule has 0 radical (unpaired) electrons. The van der Waals surface area contributed by atoms with Crippen molar-refractivity contribution in [2.75, 3.05) is 54.4 Å². The Bertz CT molecular complexity index is 612. The zero-order valence-corrected chi connectivity index (χ0v) is 21.3. The van der Waals surface area contributed by atoms with E-state index in [1.165, 1.54) is 24.8 Å². The summed E-state index contributed by atoms with van der Waals surface area (Å²) in [5, 5.41) is 7.03. The van der Waals surface area contributed by atoms with E-state index in [1.807, 2.05) is 7.05 Å². The first-order chi connectivity index (χ1) is 13.4. The van der Waals surface area contributed by atoms with Gasteiger partial charge in [-0.25, -0.2) is 0 Å². The van der Waals surface area contributed by atoms with E-state index in [1.54, 1.807) is 7.11 Å². The van der Waals surface area contributed by atoms with Crippen molar-refractivity contribution in [1.29, 1.82) is 0 Å². The minimum Gasteiger partial charge on any atom is -0.497 e. The molecule has 2 rings (SSSR count). The Balaban J connectivity index is 0.00000420. The maximum absolute atomic E-state index is 5.33. The van der Waals surface area contributed by atoms with Crippen molar-refractivity contribution in [2.24, 2.45) is 4.99 Å².